The van der Waals surface area contributed by atoms with Crippen LogP contribution in [0.2, 0.25) is 0 Å². The van der Waals surface area contributed by atoms with E-state index in [1.54, 1.807) is 0 Å². The molecular weight excluding hydrogens is 773 g/mol. The third-order valence-corrected chi connectivity index (χ3v) is 13.2. The summed E-state index contributed by atoms with van der Waals surface area (Å²) >= 11 is 0. The van der Waals surface area contributed by atoms with E-state index in [-0.39, 0.29) is 6.04 Å². The molecule has 0 bridgehead atoms. The summed E-state index contributed by atoms with van der Waals surface area (Å²) in [5, 5.41) is 10.7. The van der Waals surface area contributed by atoms with Crippen LogP contribution in [0.1, 0.15) is 17.2 Å². The molecule has 0 aliphatic heterocycles. The molecule has 0 saturated heterocycles. The van der Waals surface area contributed by atoms with Crippen LogP contribution in [0.25, 0.3) is 122 Å². The number of para-hydroxylation sites is 1. The van der Waals surface area contributed by atoms with Gasteiger partial charge in [0.25, 0.3) is 0 Å². The van der Waals surface area contributed by atoms with Gasteiger partial charge in [-0.15, -0.1) is 0 Å². The summed E-state index contributed by atoms with van der Waals surface area (Å²) in [6, 6.07) is 66.5. The third kappa shape index (κ3) is 5.22. The van der Waals surface area contributed by atoms with Crippen LogP contribution in [0.3, 0.4) is 0 Å². The Kier molecular flexibility index (Phi) is 7.13. The maximum Gasteiger partial charge on any atom is 0.164 e. The zero-order chi connectivity index (χ0) is 41.2. The minimum atomic E-state index is 0.00195. The molecule has 4 aromatic heterocycles. The van der Waals surface area contributed by atoms with Gasteiger partial charge in [-0.1, -0.05) is 127 Å². The Balaban J connectivity index is 0.960. The molecule has 14 rings (SSSR count). The van der Waals surface area contributed by atoms with Gasteiger partial charge in [-0.2, -0.15) is 0 Å². The molecular formula is C57H34N4O2. The van der Waals surface area contributed by atoms with Gasteiger partial charge in [0.15, 0.2) is 17.5 Å². The van der Waals surface area contributed by atoms with Gasteiger partial charge in [0.2, 0.25) is 0 Å². The molecule has 13 aromatic rings. The fourth-order valence-electron chi connectivity index (χ4n) is 10.2. The van der Waals surface area contributed by atoms with Gasteiger partial charge in [-0.05, 0) is 87.8 Å². The highest BCUT2D eigenvalue weighted by atomic mass is 16.3. The molecule has 1 aliphatic rings. The number of nitrogens with zero attached hydrogens (tertiary/aromatic N) is 4. The standard InChI is InChI=1S/C57H34N4O2/c1-2-12-33(13-3-1)55-58-56(60-57(59-55)39-22-24-42-41-19-10-11-21-51(41)62-53(42)31-39)38-23-25-52-46(28-38)47-32-50(40-18-8-9-20-43(40)54(47)63-52)61-48-29-36-16-6-4-14-34(36)26-44(48)45-27-35-15-5-7-17-37(35)30-49(45)61/h1-31,50H,32H2. The zero-order valence-electron chi connectivity index (χ0n) is 33.8. The maximum absolute atomic E-state index is 6.84. The van der Waals surface area contributed by atoms with E-state index in [1.807, 2.05) is 54.6 Å². The van der Waals surface area contributed by atoms with E-state index in [0.717, 1.165) is 67.3 Å². The van der Waals surface area contributed by atoms with Crippen molar-refractivity contribution >= 4 is 76.3 Å². The van der Waals surface area contributed by atoms with Crippen molar-refractivity contribution in [3.05, 3.63) is 199 Å². The normalized spacial score (nSPS) is 13.8. The van der Waals surface area contributed by atoms with Crippen LogP contribution in [0.4, 0.5) is 0 Å². The summed E-state index contributed by atoms with van der Waals surface area (Å²) in [5.41, 5.74) is 11.2. The molecule has 63 heavy (non-hydrogen) atoms. The Bertz CT molecular complexity index is 3930. The number of hydrogen-bond acceptors (Lipinski definition) is 5. The summed E-state index contributed by atoms with van der Waals surface area (Å²) in [5.74, 6) is 2.70. The van der Waals surface area contributed by atoms with E-state index in [2.05, 4.69) is 138 Å². The lowest BCUT2D eigenvalue weighted by molar-refractivity contribution is 0.577. The Morgan fingerprint density at radius 2 is 0.952 bits per heavy atom. The number of benzene rings is 9. The highest BCUT2D eigenvalue weighted by Crippen LogP contribution is 2.48. The van der Waals surface area contributed by atoms with E-state index in [9.17, 15) is 0 Å². The first kappa shape index (κ1) is 34.4. The smallest absolute Gasteiger partial charge is 0.164 e. The summed E-state index contributed by atoms with van der Waals surface area (Å²) < 4.78 is 15.7. The van der Waals surface area contributed by atoms with Crippen LogP contribution in [-0.2, 0) is 6.42 Å². The minimum absolute atomic E-state index is 0.00195. The number of aromatic nitrogens is 4. The SMILES string of the molecule is c1ccc(-c2nc(-c3ccc4c(c3)oc3ccccc34)nc(-c3ccc4oc5c(c4c3)CC(n3c4cc6ccccc6cc4c4cc6ccccc6cc43)c3ccccc3-5)n2)cc1. The Labute approximate surface area is 360 Å². The average Bonchev–Trinajstić information content (AvgIpc) is 4.01. The molecule has 0 amide bonds. The second kappa shape index (κ2) is 13.1. The summed E-state index contributed by atoms with van der Waals surface area (Å²) in [7, 11) is 0. The lowest BCUT2D eigenvalue weighted by Gasteiger charge is -2.28. The lowest BCUT2D eigenvalue weighted by atomic mass is 9.85. The second-order valence-electron chi connectivity index (χ2n) is 16.7. The molecule has 4 heterocycles. The molecule has 294 valence electrons. The largest absolute Gasteiger partial charge is 0.456 e. The molecule has 0 fully saturated rings. The van der Waals surface area contributed by atoms with Crippen molar-refractivity contribution in [1.82, 2.24) is 19.5 Å². The topological polar surface area (TPSA) is 69.9 Å². The molecule has 6 nitrogen and oxygen atoms in total. The molecule has 0 radical (unpaired) electrons. The van der Waals surface area contributed by atoms with Gasteiger partial charge >= 0.3 is 0 Å². The Morgan fingerprint density at radius 3 is 1.68 bits per heavy atom. The van der Waals surface area contributed by atoms with Crippen molar-refractivity contribution in [2.24, 2.45) is 0 Å². The average molecular weight is 807 g/mol. The van der Waals surface area contributed by atoms with Gasteiger partial charge in [0.1, 0.15) is 22.5 Å². The van der Waals surface area contributed by atoms with Crippen LogP contribution in [-0.4, -0.2) is 19.5 Å². The maximum atomic E-state index is 6.84. The number of rotatable bonds is 4. The number of hydrogen-bond donors (Lipinski definition) is 0. The summed E-state index contributed by atoms with van der Waals surface area (Å²) in [6.45, 7) is 0. The van der Waals surface area contributed by atoms with Crippen molar-refractivity contribution in [3.8, 4) is 45.5 Å². The molecule has 6 heteroatoms. The molecule has 9 aromatic carbocycles. The van der Waals surface area contributed by atoms with Gasteiger partial charge in [0, 0.05) is 61.2 Å². The molecule has 1 unspecified atom stereocenters. The number of fused-ring (bicyclic) bond motifs is 13. The second-order valence-corrected chi connectivity index (χ2v) is 16.7. The predicted octanol–water partition coefficient (Wildman–Crippen LogP) is 14.7. The van der Waals surface area contributed by atoms with Gasteiger partial charge < -0.3 is 13.4 Å². The van der Waals surface area contributed by atoms with Crippen LogP contribution in [0, 0.1) is 0 Å². The first-order valence-corrected chi connectivity index (χ1v) is 21.4. The first-order chi connectivity index (χ1) is 31.2. The van der Waals surface area contributed by atoms with Crippen LogP contribution in [0.5, 0.6) is 0 Å². The molecule has 1 aliphatic carbocycles. The van der Waals surface area contributed by atoms with Crippen molar-refractivity contribution in [1.29, 1.82) is 0 Å². The molecule has 0 spiro atoms. The van der Waals surface area contributed by atoms with Crippen LogP contribution in [0.15, 0.2) is 197 Å². The fraction of sp³-hybridized carbons (Fsp3) is 0.0351. The molecule has 0 saturated carbocycles. The van der Waals surface area contributed by atoms with Crippen molar-refractivity contribution in [3.63, 3.8) is 0 Å². The summed E-state index contributed by atoms with van der Waals surface area (Å²) in [4.78, 5) is 15.4. The first-order valence-electron chi connectivity index (χ1n) is 21.4. The van der Waals surface area contributed by atoms with Crippen molar-refractivity contribution in [2.45, 2.75) is 12.5 Å². The van der Waals surface area contributed by atoms with Crippen molar-refractivity contribution < 1.29 is 8.83 Å². The quantitative estimate of drug-likeness (QED) is 0.177. The van der Waals surface area contributed by atoms with E-state index in [1.165, 1.54) is 54.5 Å². The lowest BCUT2D eigenvalue weighted by Crippen LogP contribution is -2.18. The van der Waals surface area contributed by atoms with Gasteiger partial charge in [-0.25, -0.2) is 15.0 Å². The summed E-state index contributed by atoms with van der Waals surface area (Å²) in [6.07, 6.45) is 0.747. The monoisotopic (exact) mass is 806 g/mol. The Morgan fingerprint density at radius 1 is 0.397 bits per heavy atom. The predicted molar refractivity (Wildman–Crippen MR) is 255 cm³/mol. The molecule has 1 atom stereocenters. The number of furan rings is 2. The van der Waals surface area contributed by atoms with E-state index in [4.69, 9.17) is 23.8 Å². The van der Waals surface area contributed by atoms with Gasteiger partial charge in [-0.3, -0.25) is 0 Å². The van der Waals surface area contributed by atoms with Crippen molar-refractivity contribution in [2.75, 3.05) is 0 Å². The highest BCUT2D eigenvalue weighted by Gasteiger charge is 2.33. The Hall–Kier alpha value is -8.35. The van der Waals surface area contributed by atoms with Crippen LogP contribution < -0.4 is 0 Å². The van der Waals surface area contributed by atoms with Gasteiger partial charge in [0.05, 0.1) is 17.1 Å². The third-order valence-electron chi connectivity index (χ3n) is 13.2. The van der Waals surface area contributed by atoms with Crippen LogP contribution >= 0.6 is 0 Å². The fourth-order valence-corrected chi connectivity index (χ4v) is 10.2. The van der Waals surface area contributed by atoms with E-state index in [0.29, 0.717) is 17.5 Å². The van der Waals surface area contributed by atoms with E-state index < -0.39 is 0 Å². The zero-order valence-corrected chi connectivity index (χ0v) is 33.8. The minimum Gasteiger partial charge on any atom is -0.456 e. The van der Waals surface area contributed by atoms with E-state index >= 15 is 0 Å². The molecule has 0 N–H and O–H groups in total. The highest BCUT2D eigenvalue weighted by molar-refractivity contribution is 6.16.